The highest BCUT2D eigenvalue weighted by atomic mass is 16.5. The maximum Gasteiger partial charge on any atom is 0.332 e. The van der Waals surface area contributed by atoms with Crippen molar-refractivity contribution in [2.45, 2.75) is 31.2 Å². The molecular weight excluding hydrogens is 224 g/mol. The normalized spacial score (nSPS) is 34.4. The standard InChI is InChI=1S/C11H16N2O4/c12-5-9-7-13(3-4-16-9)6-8-1-2-10(17-8)11(14)15/h8-10H,1-4,6-7H2,(H,14,15). The molecule has 2 saturated heterocycles. The average Bonchev–Trinajstić information content (AvgIpc) is 2.78. The lowest BCUT2D eigenvalue weighted by Crippen LogP contribution is -2.45. The van der Waals surface area contributed by atoms with Gasteiger partial charge < -0.3 is 14.6 Å². The Hall–Kier alpha value is -1.16. The van der Waals surface area contributed by atoms with E-state index in [-0.39, 0.29) is 12.2 Å². The van der Waals surface area contributed by atoms with Crippen LogP contribution in [0.5, 0.6) is 0 Å². The van der Waals surface area contributed by atoms with Crippen molar-refractivity contribution in [3.8, 4) is 6.07 Å². The zero-order valence-electron chi connectivity index (χ0n) is 9.54. The van der Waals surface area contributed by atoms with Crippen LogP contribution in [0, 0.1) is 11.3 Å². The summed E-state index contributed by atoms with van der Waals surface area (Å²) in [5.41, 5.74) is 0. The van der Waals surface area contributed by atoms with E-state index in [9.17, 15) is 4.79 Å². The van der Waals surface area contributed by atoms with Crippen molar-refractivity contribution in [3.63, 3.8) is 0 Å². The lowest BCUT2D eigenvalue weighted by Gasteiger charge is -2.31. The number of ether oxygens (including phenoxy) is 2. The number of hydrogen-bond acceptors (Lipinski definition) is 5. The Morgan fingerprint density at radius 3 is 3.00 bits per heavy atom. The first-order valence-corrected chi connectivity index (χ1v) is 5.81. The maximum absolute atomic E-state index is 10.7. The Morgan fingerprint density at radius 2 is 2.35 bits per heavy atom. The second-order valence-electron chi connectivity index (χ2n) is 4.41. The summed E-state index contributed by atoms with van der Waals surface area (Å²) >= 11 is 0. The molecule has 0 aromatic heterocycles. The fourth-order valence-electron chi connectivity index (χ4n) is 2.26. The molecule has 6 heteroatoms. The van der Waals surface area contributed by atoms with Crippen LogP contribution >= 0.6 is 0 Å². The summed E-state index contributed by atoms with van der Waals surface area (Å²) in [4.78, 5) is 12.8. The topological polar surface area (TPSA) is 82.8 Å². The molecule has 0 bridgehead atoms. The van der Waals surface area contributed by atoms with Crippen molar-refractivity contribution >= 4 is 5.97 Å². The van der Waals surface area contributed by atoms with Crippen LogP contribution in [0.1, 0.15) is 12.8 Å². The molecule has 0 amide bonds. The van der Waals surface area contributed by atoms with Gasteiger partial charge in [-0.2, -0.15) is 5.26 Å². The molecule has 17 heavy (non-hydrogen) atoms. The lowest BCUT2D eigenvalue weighted by molar-refractivity contribution is -0.150. The highest BCUT2D eigenvalue weighted by Crippen LogP contribution is 2.21. The van der Waals surface area contributed by atoms with E-state index in [1.807, 2.05) is 0 Å². The van der Waals surface area contributed by atoms with Crippen molar-refractivity contribution in [3.05, 3.63) is 0 Å². The van der Waals surface area contributed by atoms with E-state index in [1.54, 1.807) is 0 Å². The SMILES string of the molecule is N#CC1CN(CC2CCC(C(=O)O)O2)CCO1. The average molecular weight is 240 g/mol. The van der Waals surface area contributed by atoms with Gasteiger partial charge in [0.15, 0.2) is 12.2 Å². The summed E-state index contributed by atoms with van der Waals surface area (Å²) < 4.78 is 10.7. The fourth-order valence-corrected chi connectivity index (χ4v) is 2.26. The third-order valence-electron chi connectivity index (χ3n) is 3.14. The van der Waals surface area contributed by atoms with Gasteiger partial charge in [-0.1, -0.05) is 0 Å². The van der Waals surface area contributed by atoms with Crippen LogP contribution in [0.3, 0.4) is 0 Å². The van der Waals surface area contributed by atoms with Gasteiger partial charge in [0.2, 0.25) is 0 Å². The molecule has 94 valence electrons. The van der Waals surface area contributed by atoms with Gasteiger partial charge >= 0.3 is 5.97 Å². The molecule has 1 N–H and O–H groups in total. The largest absolute Gasteiger partial charge is 0.479 e. The zero-order chi connectivity index (χ0) is 12.3. The van der Waals surface area contributed by atoms with Gasteiger partial charge in [-0.15, -0.1) is 0 Å². The number of hydrogen-bond donors (Lipinski definition) is 1. The van der Waals surface area contributed by atoms with Gasteiger partial charge in [0.25, 0.3) is 0 Å². The molecule has 2 fully saturated rings. The van der Waals surface area contributed by atoms with E-state index in [1.165, 1.54) is 0 Å². The first-order valence-electron chi connectivity index (χ1n) is 5.81. The molecule has 3 atom stereocenters. The first-order chi connectivity index (χ1) is 8.19. The van der Waals surface area contributed by atoms with Crippen molar-refractivity contribution in [1.29, 1.82) is 5.26 Å². The highest BCUT2D eigenvalue weighted by molar-refractivity contribution is 5.72. The van der Waals surface area contributed by atoms with Gasteiger partial charge in [0.05, 0.1) is 18.8 Å². The van der Waals surface area contributed by atoms with Crippen LogP contribution in [0.15, 0.2) is 0 Å². The Labute approximate surface area is 99.7 Å². The molecule has 0 saturated carbocycles. The molecular formula is C11H16N2O4. The molecule has 6 nitrogen and oxygen atoms in total. The summed E-state index contributed by atoms with van der Waals surface area (Å²) in [5.74, 6) is -0.885. The number of nitrogens with zero attached hydrogens (tertiary/aromatic N) is 2. The minimum Gasteiger partial charge on any atom is -0.479 e. The van der Waals surface area contributed by atoms with Crippen LogP contribution in [0.2, 0.25) is 0 Å². The summed E-state index contributed by atoms with van der Waals surface area (Å²) in [6, 6.07) is 2.09. The summed E-state index contributed by atoms with van der Waals surface area (Å²) in [6.07, 6.45) is 0.277. The molecule has 0 spiro atoms. The van der Waals surface area contributed by atoms with E-state index in [2.05, 4.69) is 11.0 Å². The van der Waals surface area contributed by atoms with Crippen LogP contribution in [-0.4, -0.2) is 60.5 Å². The van der Waals surface area contributed by atoms with Crippen LogP contribution in [-0.2, 0) is 14.3 Å². The second kappa shape index (κ2) is 5.45. The van der Waals surface area contributed by atoms with E-state index < -0.39 is 12.1 Å². The van der Waals surface area contributed by atoms with Gasteiger partial charge in [0.1, 0.15) is 0 Å². The number of rotatable bonds is 3. The predicted octanol–water partition coefficient (Wildman–Crippen LogP) is -0.157. The third kappa shape index (κ3) is 3.16. The molecule has 0 radical (unpaired) electrons. The molecule has 3 unspecified atom stereocenters. The van der Waals surface area contributed by atoms with E-state index in [0.29, 0.717) is 26.1 Å². The molecule has 2 heterocycles. The number of nitriles is 1. The van der Waals surface area contributed by atoms with Gasteiger partial charge in [-0.3, -0.25) is 4.90 Å². The number of morpholine rings is 1. The van der Waals surface area contributed by atoms with E-state index >= 15 is 0 Å². The Bertz CT molecular complexity index is 328. The van der Waals surface area contributed by atoms with Gasteiger partial charge in [0, 0.05) is 19.6 Å². The predicted molar refractivity (Wildman–Crippen MR) is 57.3 cm³/mol. The van der Waals surface area contributed by atoms with Gasteiger partial charge in [-0.05, 0) is 12.8 Å². The van der Waals surface area contributed by atoms with Crippen molar-refractivity contribution in [1.82, 2.24) is 4.90 Å². The van der Waals surface area contributed by atoms with E-state index in [0.717, 1.165) is 13.0 Å². The fraction of sp³-hybridized carbons (Fsp3) is 0.818. The molecule has 2 aliphatic rings. The van der Waals surface area contributed by atoms with Crippen LogP contribution in [0.25, 0.3) is 0 Å². The zero-order valence-corrected chi connectivity index (χ0v) is 9.54. The number of carboxylic acids is 1. The van der Waals surface area contributed by atoms with Crippen molar-refractivity contribution < 1.29 is 19.4 Å². The summed E-state index contributed by atoms with van der Waals surface area (Å²) in [6.45, 7) is 2.59. The van der Waals surface area contributed by atoms with Gasteiger partial charge in [-0.25, -0.2) is 4.79 Å². The lowest BCUT2D eigenvalue weighted by atomic mass is 10.2. The Kier molecular flexibility index (Phi) is 3.94. The summed E-state index contributed by atoms with van der Waals surface area (Å²) in [7, 11) is 0. The minimum atomic E-state index is -0.885. The number of carbonyl (C=O) groups is 1. The van der Waals surface area contributed by atoms with Crippen LogP contribution in [0.4, 0.5) is 0 Å². The smallest absolute Gasteiger partial charge is 0.332 e. The second-order valence-corrected chi connectivity index (χ2v) is 4.41. The first kappa shape index (κ1) is 12.3. The van der Waals surface area contributed by atoms with Crippen molar-refractivity contribution in [2.75, 3.05) is 26.2 Å². The molecule has 2 aliphatic heterocycles. The Morgan fingerprint density at radius 1 is 1.53 bits per heavy atom. The van der Waals surface area contributed by atoms with E-state index in [4.69, 9.17) is 19.8 Å². The quantitative estimate of drug-likeness (QED) is 0.738. The summed E-state index contributed by atoms with van der Waals surface area (Å²) in [5, 5.41) is 17.6. The number of aliphatic carboxylic acids is 1. The number of carboxylic acid groups (broad SMARTS) is 1. The third-order valence-corrected chi connectivity index (χ3v) is 3.14. The molecule has 0 aromatic rings. The molecule has 0 aromatic carbocycles. The maximum atomic E-state index is 10.7. The van der Waals surface area contributed by atoms with Crippen molar-refractivity contribution in [2.24, 2.45) is 0 Å². The highest BCUT2D eigenvalue weighted by Gasteiger charge is 2.32. The molecule has 0 aliphatic carbocycles. The monoisotopic (exact) mass is 240 g/mol. The minimum absolute atomic E-state index is 0.0338. The van der Waals surface area contributed by atoms with Crippen LogP contribution < -0.4 is 0 Å². The molecule has 2 rings (SSSR count). The Balaban J connectivity index is 1.78.